The number of rotatable bonds is 10. The van der Waals surface area contributed by atoms with Crippen LogP contribution in [0.25, 0.3) is 53.6 Å². The highest BCUT2D eigenvalue weighted by atomic mass is 32.1. The molecule has 11 rings (SSSR count). The second-order valence-electron chi connectivity index (χ2n) is 16.1. The fraction of sp³-hybridized carbons (Fsp3) is 0. The van der Waals surface area contributed by atoms with Gasteiger partial charge in [0, 0.05) is 37.2 Å². The van der Waals surface area contributed by atoms with Gasteiger partial charge in [-0.1, -0.05) is 218 Å². The molecule has 298 valence electrons. The molecule has 0 aliphatic heterocycles. The first kappa shape index (κ1) is 38.4. The second-order valence-corrected chi connectivity index (χ2v) is 20.9. The molecule has 63 heavy (non-hydrogen) atoms. The zero-order valence-corrected chi connectivity index (χ0v) is 36.5. The van der Waals surface area contributed by atoms with E-state index in [1.54, 1.807) is 0 Å². The largest absolute Gasteiger partial charge is 0.311 e. The van der Waals surface area contributed by atoms with Gasteiger partial charge in [-0.15, -0.1) is 11.3 Å². The van der Waals surface area contributed by atoms with Gasteiger partial charge in [0.25, 0.3) is 0 Å². The van der Waals surface area contributed by atoms with Gasteiger partial charge >= 0.3 is 0 Å². The Bertz CT molecular complexity index is 3170. The Morgan fingerprint density at radius 1 is 0.286 bits per heavy atom. The Labute approximate surface area is 374 Å². The topological polar surface area (TPSA) is 3.24 Å². The molecule has 1 nitrogen and oxygen atoms in total. The van der Waals surface area contributed by atoms with Gasteiger partial charge in [-0.3, -0.25) is 0 Å². The molecule has 0 fully saturated rings. The fourth-order valence-electron chi connectivity index (χ4n) is 9.45. The van der Waals surface area contributed by atoms with E-state index < -0.39 is 8.07 Å². The molecular formula is C60H43NSSi. The van der Waals surface area contributed by atoms with E-state index in [1.807, 2.05) is 11.3 Å². The van der Waals surface area contributed by atoms with Crippen LogP contribution >= 0.6 is 11.3 Å². The van der Waals surface area contributed by atoms with E-state index in [1.165, 1.54) is 74.3 Å². The van der Waals surface area contributed by atoms with Crippen molar-refractivity contribution >= 4 is 77.4 Å². The Morgan fingerprint density at radius 3 is 1.24 bits per heavy atom. The van der Waals surface area contributed by atoms with Gasteiger partial charge in [0.05, 0.1) is 0 Å². The minimum Gasteiger partial charge on any atom is -0.311 e. The molecule has 0 N–H and O–H groups in total. The number of thiophene rings is 1. The molecule has 0 saturated carbocycles. The average Bonchev–Trinajstić information content (AvgIpc) is 3.76. The molecule has 0 atom stereocenters. The lowest BCUT2D eigenvalue weighted by molar-refractivity contribution is 1.28. The first-order valence-corrected chi connectivity index (χ1v) is 24.4. The maximum absolute atomic E-state index is 2.88. The molecule has 0 radical (unpaired) electrons. The van der Waals surface area contributed by atoms with Crippen molar-refractivity contribution in [2.45, 2.75) is 0 Å². The second kappa shape index (κ2) is 16.7. The van der Waals surface area contributed by atoms with Crippen LogP contribution in [0, 0.1) is 0 Å². The number of nitrogens with zero attached hydrogens (tertiary/aromatic N) is 1. The molecule has 10 aromatic carbocycles. The summed E-state index contributed by atoms with van der Waals surface area (Å²) in [7, 11) is -2.88. The van der Waals surface area contributed by atoms with Crippen LogP contribution in [-0.4, -0.2) is 8.07 Å². The molecule has 0 amide bonds. The number of anilines is 3. The number of hydrogen-bond acceptors (Lipinski definition) is 2. The highest BCUT2D eigenvalue weighted by Gasteiger charge is 2.41. The van der Waals surface area contributed by atoms with Gasteiger partial charge in [0.15, 0.2) is 8.07 Å². The van der Waals surface area contributed by atoms with Crippen molar-refractivity contribution in [3.05, 3.63) is 261 Å². The highest BCUT2D eigenvalue weighted by Crippen LogP contribution is 2.40. The van der Waals surface area contributed by atoms with E-state index in [9.17, 15) is 0 Å². The summed E-state index contributed by atoms with van der Waals surface area (Å²) in [6.45, 7) is 0. The van der Waals surface area contributed by atoms with Crippen LogP contribution in [0.1, 0.15) is 0 Å². The SMILES string of the molecule is c1ccc(-c2ccc(N(c3ccc(-c4ccccc4)cc3)c3ccc([Si](c4ccccc4)(c4ccccc4)c4cccc(-c5cccc6c5sc5ccccc56)c4)cc3)cc2)cc1. The van der Waals surface area contributed by atoms with Crippen molar-refractivity contribution in [3.63, 3.8) is 0 Å². The van der Waals surface area contributed by atoms with Crippen molar-refractivity contribution in [1.29, 1.82) is 0 Å². The third kappa shape index (κ3) is 7.08. The Kier molecular flexibility index (Phi) is 10.2. The Hall–Kier alpha value is -7.56. The first-order chi connectivity index (χ1) is 31.2. The smallest absolute Gasteiger partial charge is 0.179 e. The molecule has 0 spiro atoms. The van der Waals surface area contributed by atoms with Gasteiger partial charge in [-0.2, -0.15) is 0 Å². The number of hydrogen-bond donors (Lipinski definition) is 0. The van der Waals surface area contributed by atoms with Crippen molar-refractivity contribution in [2.75, 3.05) is 4.90 Å². The van der Waals surface area contributed by atoms with Crippen LogP contribution in [-0.2, 0) is 0 Å². The summed E-state index contributed by atoms with van der Waals surface area (Å²) >= 11 is 1.89. The van der Waals surface area contributed by atoms with Gasteiger partial charge in [-0.05, 0) is 96.6 Å². The minimum atomic E-state index is -2.88. The van der Waals surface area contributed by atoms with E-state index in [2.05, 4.69) is 266 Å². The summed E-state index contributed by atoms with van der Waals surface area (Å²) in [5.41, 5.74) is 10.6. The van der Waals surface area contributed by atoms with Crippen molar-refractivity contribution in [1.82, 2.24) is 0 Å². The van der Waals surface area contributed by atoms with Gasteiger partial charge < -0.3 is 4.90 Å². The van der Waals surface area contributed by atoms with Gasteiger partial charge in [-0.25, -0.2) is 0 Å². The van der Waals surface area contributed by atoms with Crippen LogP contribution in [0.5, 0.6) is 0 Å². The van der Waals surface area contributed by atoms with E-state index in [-0.39, 0.29) is 0 Å². The number of fused-ring (bicyclic) bond motifs is 3. The third-order valence-corrected chi connectivity index (χ3v) is 18.4. The fourth-order valence-corrected chi connectivity index (χ4v) is 15.5. The summed E-state index contributed by atoms with van der Waals surface area (Å²) in [6, 6.07) is 96.1. The van der Waals surface area contributed by atoms with Crippen molar-refractivity contribution < 1.29 is 0 Å². The van der Waals surface area contributed by atoms with Crippen LogP contribution in [0.15, 0.2) is 261 Å². The van der Waals surface area contributed by atoms with Gasteiger partial charge in [0.1, 0.15) is 0 Å². The maximum Gasteiger partial charge on any atom is 0.179 e. The molecule has 0 bridgehead atoms. The van der Waals surface area contributed by atoms with E-state index in [0.29, 0.717) is 0 Å². The average molecular weight is 838 g/mol. The standard InChI is InChI=1S/C60H43NSSi/c1-5-17-44(18-6-1)46-31-35-49(36-32-46)61(50-37-33-47(34-38-50)45-19-7-2-8-20-45)51-39-41-54(42-40-51)63(52-22-9-3-10-23-52,53-24-11-4-12-25-53)55-26-15-21-48(43-55)56-28-16-29-58-57-27-13-14-30-59(57)62-60(56)58/h1-43H. The summed E-state index contributed by atoms with van der Waals surface area (Å²) < 4.78 is 2.65. The van der Waals surface area contributed by atoms with Crippen LogP contribution in [0.4, 0.5) is 17.1 Å². The molecule has 1 aromatic heterocycles. The van der Waals surface area contributed by atoms with Gasteiger partial charge in [0.2, 0.25) is 0 Å². The summed E-state index contributed by atoms with van der Waals surface area (Å²) in [5.74, 6) is 0. The summed E-state index contributed by atoms with van der Waals surface area (Å²) in [5, 5.41) is 8.03. The monoisotopic (exact) mass is 837 g/mol. The normalized spacial score (nSPS) is 11.5. The zero-order valence-electron chi connectivity index (χ0n) is 34.7. The molecule has 0 unspecified atom stereocenters. The molecule has 11 aromatic rings. The molecular weight excluding hydrogens is 795 g/mol. The van der Waals surface area contributed by atoms with E-state index >= 15 is 0 Å². The summed E-state index contributed by atoms with van der Waals surface area (Å²) in [4.78, 5) is 2.38. The van der Waals surface area contributed by atoms with E-state index in [4.69, 9.17) is 0 Å². The lowest BCUT2D eigenvalue weighted by atomic mass is 10.0. The predicted molar refractivity (Wildman–Crippen MR) is 274 cm³/mol. The molecule has 3 heteroatoms. The number of benzene rings is 10. The van der Waals surface area contributed by atoms with Crippen LogP contribution < -0.4 is 25.6 Å². The molecule has 0 saturated heterocycles. The third-order valence-electron chi connectivity index (χ3n) is 12.4. The lowest BCUT2D eigenvalue weighted by Crippen LogP contribution is -2.74. The van der Waals surface area contributed by atoms with Crippen LogP contribution in [0.3, 0.4) is 0 Å². The van der Waals surface area contributed by atoms with Crippen molar-refractivity contribution in [2.24, 2.45) is 0 Å². The van der Waals surface area contributed by atoms with E-state index in [0.717, 1.165) is 17.1 Å². The first-order valence-electron chi connectivity index (χ1n) is 21.6. The lowest BCUT2D eigenvalue weighted by Gasteiger charge is -2.35. The zero-order chi connectivity index (χ0) is 42.0. The summed E-state index contributed by atoms with van der Waals surface area (Å²) in [6.07, 6.45) is 0. The quantitative estimate of drug-likeness (QED) is 0.0980. The predicted octanol–water partition coefficient (Wildman–Crippen LogP) is 13.9. The van der Waals surface area contributed by atoms with Crippen LogP contribution in [0.2, 0.25) is 0 Å². The minimum absolute atomic E-state index is 1.10. The van der Waals surface area contributed by atoms with Crippen molar-refractivity contribution in [3.8, 4) is 33.4 Å². The molecule has 0 aliphatic carbocycles. The Morgan fingerprint density at radius 2 is 0.683 bits per heavy atom. The highest BCUT2D eigenvalue weighted by molar-refractivity contribution is 7.26. The molecule has 1 heterocycles. The molecule has 0 aliphatic rings. The maximum atomic E-state index is 2.49. The Balaban J connectivity index is 1.07.